The minimum Gasteiger partial charge on any atom is -0.507 e. The molecule has 0 aromatic heterocycles. The molecule has 5 heteroatoms. The second kappa shape index (κ2) is 4.97. The van der Waals surface area contributed by atoms with Gasteiger partial charge in [0.1, 0.15) is 17.3 Å². The first kappa shape index (κ1) is 12.9. The molecule has 4 nitrogen and oxygen atoms in total. The summed E-state index contributed by atoms with van der Waals surface area (Å²) >= 11 is 0. The van der Waals surface area contributed by atoms with Crippen molar-refractivity contribution in [3.63, 3.8) is 0 Å². The van der Waals surface area contributed by atoms with Crippen molar-refractivity contribution in [3.05, 3.63) is 47.8 Å². The molecule has 0 saturated carbocycles. The van der Waals surface area contributed by atoms with Crippen LogP contribution in [0.1, 0.15) is 10.4 Å². The van der Waals surface area contributed by atoms with Crippen LogP contribution in [0.25, 0.3) is 11.1 Å². The number of carboxylic acids is 1. The molecule has 98 valence electrons. The maximum absolute atomic E-state index is 13.3. The smallest absolute Gasteiger partial charge is 0.335 e. The van der Waals surface area contributed by atoms with Crippen molar-refractivity contribution >= 4 is 5.97 Å². The number of carbonyl (C=O) groups is 1. The molecule has 0 bridgehead atoms. The number of benzene rings is 2. The van der Waals surface area contributed by atoms with Gasteiger partial charge < -0.3 is 14.9 Å². The molecule has 0 aliphatic heterocycles. The van der Waals surface area contributed by atoms with Crippen LogP contribution in [0.3, 0.4) is 0 Å². The first-order valence-electron chi connectivity index (χ1n) is 5.43. The van der Waals surface area contributed by atoms with Crippen molar-refractivity contribution in [1.29, 1.82) is 0 Å². The highest BCUT2D eigenvalue weighted by atomic mass is 19.1. The molecule has 0 aliphatic carbocycles. The van der Waals surface area contributed by atoms with E-state index in [2.05, 4.69) is 0 Å². The number of methoxy groups -OCH3 is 1. The van der Waals surface area contributed by atoms with Crippen LogP contribution in [-0.4, -0.2) is 23.3 Å². The van der Waals surface area contributed by atoms with E-state index in [0.717, 1.165) is 6.07 Å². The molecule has 0 amide bonds. The van der Waals surface area contributed by atoms with Crippen LogP contribution in [-0.2, 0) is 0 Å². The van der Waals surface area contributed by atoms with Crippen molar-refractivity contribution in [2.75, 3.05) is 7.11 Å². The summed E-state index contributed by atoms with van der Waals surface area (Å²) in [5.74, 6) is -1.48. The molecule has 0 fully saturated rings. The van der Waals surface area contributed by atoms with E-state index >= 15 is 0 Å². The van der Waals surface area contributed by atoms with Crippen molar-refractivity contribution in [2.24, 2.45) is 0 Å². The van der Waals surface area contributed by atoms with E-state index < -0.39 is 11.8 Å². The van der Waals surface area contributed by atoms with E-state index in [-0.39, 0.29) is 11.3 Å². The zero-order chi connectivity index (χ0) is 14.0. The van der Waals surface area contributed by atoms with Crippen LogP contribution >= 0.6 is 0 Å². The van der Waals surface area contributed by atoms with Crippen LogP contribution in [0.4, 0.5) is 4.39 Å². The van der Waals surface area contributed by atoms with E-state index in [9.17, 15) is 14.3 Å². The van der Waals surface area contributed by atoms with Crippen molar-refractivity contribution < 1.29 is 24.1 Å². The van der Waals surface area contributed by atoms with Gasteiger partial charge in [-0.05, 0) is 36.4 Å². The monoisotopic (exact) mass is 262 g/mol. The minimum atomic E-state index is -1.15. The predicted molar refractivity (Wildman–Crippen MR) is 67.0 cm³/mol. The molecule has 0 atom stereocenters. The second-order valence-electron chi connectivity index (χ2n) is 3.88. The Morgan fingerprint density at radius 3 is 2.47 bits per heavy atom. The summed E-state index contributed by atoms with van der Waals surface area (Å²) in [6.07, 6.45) is 0. The molecule has 2 aromatic rings. The molecule has 0 aliphatic rings. The summed E-state index contributed by atoms with van der Waals surface area (Å²) in [6, 6.07) is 7.76. The summed E-state index contributed by atoms with van der Waals surface area (Å²) < 4.78 is 18.4. The number of halogens is 1. The number of aromatic hydroxyl groups is 1. The molecule has 0 unspecified atom stereocenters. The fourth-order valence-corrected chi connectivity index (χ4v) is 1.78. The van der Waals surface area contributed by atoms with Crippen LogP contribution < -0.4 is 4.74 Å². The summed E-state index contributed by atoms with van der Waals surface area (Å²) in [5, 5.41) is 18.7. The van der Waals surface area contributed by atoms with Gasteiger partial charge in [-0.25, -0.2) is 9.18 Å². The maximum Gasteiger partial charge on any atom is 0.335 e. The van der Waals surface area contributed by atoms with Gasteiger partial charge >= 0.3 is 5.97 Å². The van der Waals surface area contributed by atoms with Gasteiger partial charge in [-0.15, -0.1) is 0 Å². The highest BCUT2D eigenvalue weighted by molar-refractivity contribution is 5.90. The number of hydrogen-bond acceptors (Lipinski definition) is 3. The third kappa shape index (κ3) is 2.49. The molecular weight excluding hydrogens is 251 g/mol. The molecule has 2 aromatic carbocycles. The summed E-state index contributed by atoms with van der Waals surface area (Å²) in [5.41, 5.74) is 0.620. The van der Waals surface area contributed by atoms with E-state index in [0.29, 0.717) is 16.9 Å². The van der Waals surface area contributed by atoms with Gasteiger partial charge in [0.2, 0.25) is 0 Å². The Bertz CT molecular complexity index is 637. The van der Waals surface area contributed by atoms with E-state index in [4.69, 9.17) is 9.84 Å². The summed E-state index contributed by atoms with van der Waals surface area (Å²) in [7, 11) is 1.43. The standard InChI is InChI=1S/C14H11FO4/c1-19-13-5-3-9(15)7-11(13)10-4-2-8(14(17)18)6-12(10)16/h2-7,16H,1H3,(H,17,18). The Hall–Kier alpha value is -2.56. The fraction of sp³-hybridized carbons (Fsp3) is 0.0714. The first-order valence-corrected chi connectivity index (χ1v) is 5.43. The third-order valence-corrected chi connectivity index (χ3v) is 2.70. The lowest BCUT2D eigenvalue weighted by molar-refractivity contribution is 0.0696. The lowest BCUT2D eigenvalue weighted by atomic mass is 10.0. The first-order chi connectivity index (χ1) is 9.02. The van der Waals surface area contributed by atoms with Gasteiger partial charge in [0.15, 0.2) is 0 Å². The van der Waals surface area contributed by atoms with Crippen molar-refractivity contribution in [3.8, 4) is 22.6 Å². The topological polar surface area (TPSA) is 66.8 Å². The van der Waals surface area contributed by atoms with Gasteiger partial charge in [-0.1, -0.05) is 0 Å². The highest BCUT2D eigenvalue weighted by Crippen LogP contribution is 2.36. The number of hydrogen-bond donors (Lipinski definition) is 2. The predicted octanol–water partition coefficient (Wildman–Crippen LogP) is 2.91. The Balaban J connectivity index is 2.59. The highest BCUT2D eigenvalue weighted by Gasteiger charge is 2.13. The Morgan fingerprint density at radius 1 is 1.16 bits per heavy atom. The Labute approximate surface area is 108 Å². The quantitative estimate of drug-likeness (QED) is 0.892. The SMILES string of the molecule is COc1ccc(F)cc1-c1ccc(C(=O)O)cc1O. The molecule has 2 N–H and O–H groups in total. The van der Waals surface area contributed by atoms with Crippen molar-refractivity contribution in [1.82, 2.24) is 0 Å². The van der Waals surface area contributed by atoms with Gasteiger partial charge in [-0.2, -0.15) is 0 Å². The average Bonchev–Trinajstić information content (AvgIpc) is 2.38. The van der Waals surface area contributed by atoms with Crippen LogP contribution in [0.15, 0.2) is 36.4 Å². The Morgan fingerprint density at radius 2 is 1.89 bits per heavy atom. The number of carboxylic acid groups (broad SMARTS) is 1. The molecule has 0 saturated heterocycles. The number of phenols is 1. The normalized spacial score (nSPS) is 10.2. The summed E-state index contributed by atoms with van der Waals surface area (Å²) in [4.78, 5) is 10.8. The number of rotatable bonds is 3. The van der Waals surface area contributed by atoms with Gasteiger partial charge in [0.25, 0.3) is 0 Å². The van der Waals surface area contributed by atoms with Crippen LogP contribution in [0.2, 0.25) is 0 Å². The molecule has 0 radical (unpaired) electrons. The molecule has 0 heterocycles. The Kier molecular flexibility index (Phi) is 3.37. The van der Waals surface area contributed by atoms with Gasteiger partial charge in [0.05, 0.1) is 12.7 Å². The number of phenolic OH excluding ortho intramolecular Hbond substituents is 1. The minimum absolute atomic E-state index is 0.0448. The van der Waals surface area contributed by atoms with Crippen LogP contribution in [0.5, 0.6) is 11.5 Å². The number of aromatic carboxylic acids is 1. The number of ether oxygens (including phenoxy) is 1. The molecular formula is C14H11FO4. The lowest BCUT2D eigenvalue weighted by Crippen LogP contribution is -1.96. The summed E-state index contributed by atoms with van der Waals surface area (Å²) in [6.45, 7) is 0. The van der Waals surface area contributed by atoms with E-state index in [1.807, 2.05) is 0 Å². The zero-order valence-electron chi connectivity index (χ0n) is 10.1. The fourth-order valence-electron chi connectivity index (χ4n) is 1.78. The average molecular weight is 262 g/mol. The van der Waals surface area contributed by atoms with Gasteiger partial charge in [-0.3, -0.25) is 0 Å². The maximum atomic E-state index is 13.3. The largest absolute Gasteiger partial charge is 0.507 e. The molecule has 19 heavy (non-hydrogen) atoms. The zero-order valence-corrected chi connectivity index (χ0v) is 10.1. The van der Waals surface area contributed by atoms with Gasteiger partial charge in [0, 0.05) is 11.1 Å². The molecule has 2 rings (SSSR count). The van der Waals surface area contributed by atoms with E-state index in [1.165, 1.54) is 37.4 Å². The molecule has 0 spiro atoms. The van der Waals surface area contributed by atoms with Crippen molar-refractivity contribution in [2.45, 2.75) is 0 Å². The van der Waals surface area contributed by atoms with E-state index in [1.54, 1.807) is 0 Å². The second-order valence-corrected chi connectivity index (χ2v) is 3.88. The lowest BCUT2D eigenvalue weighted by Gasteiger charge is -2.10. The third-order valence-electron chi connectivity index (χ3n) is 2.70. The van der Waals surface area contributed by atoms with Crippen LogP contribution in [0, 0.1) is 5.82 Å².